The lowest BCUT2D eigenvalue weighted by Crippen LogP contribution is -2.29. The zero-order valence-electron chi connectivity index (χ0n) is 6.29. The molecular formula is C6H13N3OS. The fourth-order valence-electron chi connectivity index (χ4n) is 1.02. The van der Waals surface area contributed by atoms with Gasteiger partial charge in [-0.2, -0.15) is 11.8 Å². The molecule has 0 saturated carbocycles. The van der Waals surface area contributed by atoms with Crippen LogP contribution < -0.4 is 11.2 Å². The molecule has 0 radical (unpaired) electrons. The molecule has 1 rings (SSSR count). The number of aliphatic imine (C=N–C) groups is 1. The highest BCUT2D eigenvalue weighted by molar-refractivity contribution is 8.00. The first-order valence-electron chi connectivity index (χ1n) is 3.64. The van der Waals surface area contributed by atoms with Gasteiger partial charge < -0.3 is 5.73 Å². The second-order valence-electron chi connectivity index (χ2n) is 2.47. The standard InChI is InChI=1S/C6H13N3OS/c7-6(9-10)8-4-5-2-1-3-11-5/h5,10H,1-4H2,(H3,7,8,9). The summed E-state index contributed by atoms with van der Waals surface area (Å²) in [6.07, 6.45) is 2.49. The molecular weight excluding hydrogens is 162 g/mol. The van der Waals surface area contributed by atoms with Crippen LogP contribution in [0.1, 0.15) is 12.8 Å². The van der Waals surface area contributed by atoms with Crippen molar-refractivity contribution in [2.24, 2.45) is 10.7 Å². The van der Waals surface area contributed by atoms with Gasteiger partial charge in [-0.05, 0) is 18.6 Å². The summed E-state index contributed by atoms with van der Waals surface area (Å²) in [6, 6.07) is 0. The lowest BCUT2D eigenvalue weighted by molar-refractivity contribution is 0.232. The maximum Gasteiger partial charge on any atom is 0.212 e. The largest absolute Gasteiger partial charge is 0.368 e. The molecule has 1 fully saturated rings. The Labute approximate surface area is 70.2 Å². The van der Waals surface area contributed by atoms with Gasteiger partial charge in [0, 0.05) is 5.25 Å². The van der Waals surface area contributed by atoms with Crippen molar-refractivity contribution < 1.29 is 5.21 Å². The normalized spacial score (nSPS) is 25.5. The van der Waals surface area contributed by atoms with Gasteiger partial charge >= 0.3 is 0 Å². The van der Waals surface area contributed by atoms with Crippen molar-refractivity contribution in [3.8, 4) is 0 Å². The van der Waals surface area contributed by atoms with Crippen molar-refractivity contribution in [1.82, 2.24) is 5.48 Å². The Balaban J connectivity index is 2.19. The van der Waals surface area contributed by atoms with E-state index in [0.29, 0.717) is 11.8 Å². The summed E-state index contributed by atoms with van der Waals surface area (Å²) >= 11 is 1.92. The fraction of sp³-hybridized carbons (Fsp3) is 0.833. The third-order valence-electron chi connectivity index (χ3n) is 1.60. The molecule has 1 aliphatic heterocycles. The number of hydroxylamine groups is 1. The van der Waals surface area contributed by atoms with Crippen LogP contribution in [0.2, 0.25) is 0 Å². The quantitative estimate of drug-likeness (QED) is 0.318. The Kier molecular flexibility index (Phi) is 3.51. The average molecular weight is 175 g/mol. The summed E-state index contributed by atoms with van der Waals surface area (Å²) in [6.45, 7) is 0.712. The number of nitrogens with two attached hydrogens (primary N) is 1. The lowest BCUT2D eigenvalue weighted by Gasteiger charge is -2.03. The van der Waals surface area contributed by atoms with E-state index in [4.69, 9.17) is 10.9 Å². The van der Waals surface area contributed by atoms with Crippen LogP contribution >= 0.6 is 11.8 Å². The summed E-state index contributed by atoms with van der Waals surface area (Å²) in [5.41, 5.74) is 7.04. The SMILES string of the molecule is NC(=NCC1CCCS1)NO. The molecule has 5 heteroatoms. The Morgan fingerprint density at radius 2 is 2.64 bits per heavy atom. The minimum absolute atomic E-state index is 0.109. The van der Waals surface area contributed by atoms with E-state index in [0.717, 1.165) is 0 Å². The van der Waals surface area contributed by atoms with Crippen molar-refractivity contribution in [2.75, 3.05) is 12.3 Å². The molecule has 0 aromatic heterocycles. The van der Waals surface area contributed by atoms with E-state index in [1.807, 2.05) is 17.2 Å². The second-order valence-corrected chi connectivity index (χ2v) is 3.88. The molecule has 0 amide bonds. The Bertz CT molecular complexity index is 145. The summed E-state index contributed by atoms with van der Waals surface area (Å²) in [7, 11) is 0. The van der Waals surface area contributed by atoms with Crippen molar-refractivity contribution in [2.45, 2.75) is 18.1 Å². The van der Waals surface area contributed by atoms with Crippen molar-refractivity contribution >= 4 is 17.7 Å². The fourth-order valence-corrected chi connectivity index (χ4v) is 2.20. The zero-order chi connectivity index (χ0) is 8.10. The van der Waals surface area contributed by atoms with E-state index in [1.165, 1.54) is 18.6 Å². The van der Waals surface area contributed by atoms with Gasteiger partial charge in [0.1, 0.15) is 0 Å². The van der Waals surface area contributed by atoms with Crippen LogP contribution in [-0.4, -0.2) is 28.7 Å². The Morgan fingerprint density at radius 1 is 1.82 bits per heavy atom. The van der Waals surface area contributed by atoms with Crippen LogP contribution in [0.15, 0.2) is 4.99 Å². The van der Waals surface area contributed by atoms with Crippen molar-refractivity contribution in [1.29, 1.82) is 0 Å². The van der Waals surface area contributed by atoms with Crippen LogP contribution in [0.5, 0.6) is 0 Å². The molecule has 1 heterocycles. The molecule has 0 spiro atoms. The number of hydrogen-bond acceptors (Lipinski definition) is 3. The Morgan fingerprint density at radius 3 is 3.18 bits per heavy atom. The lowest BCUT2D eigenvalue weighted by atomic mass is 10.2. The summed E-state index contributed by atoms with van der Waals surface area (Å²) in [4.78, 5) is 3.94. The molecule has 0 bridgehead atoms. The molecule has 4 N–H and O–H groups in total. The summed E-state index contributed by atoms with van der Waals surface area (Å²) < 4.78 is 0. The summed E-state index contributed by atoms with van der Waals surface area (Å²) in [5.74, 6) is 1.34. The van der Waals surface area contributed by atoms with Gasteiger partial charge in [-0.1, -0.05) is 0 Å². The van der Waals surface area contributed by atoms with Gasteiger partial charge in [-0.25, -0.2) is 5.48 Å². The first-order chi connectivity index (χ1) is 5.33. The molecule has 1 unspecified atom stereocenters. The maximum atomic E-state index is 8.30. The third-order valence-corrected chi connectivity index (χ3v) is 2.98. The van der Waals surface area contributed by atoms with Crippen LogP contribution in [-0.2, 0) is 0 Å². The number of thioether (sulfide) groups is 1. The number of nitrogens with zero attached hydrogens (tertiary/aromatic N) is 1. The average Bonchev–Trinajstić information content (AvgIpc) is 2.52. The topological polar surface area (TPSA) is 70.6 Å². The van der Waals surface area contributed by atoms with E-state index in [2.05, 4.69) is 4.99 Å². The van der Waals surface area contributed by atoms with Crippen molar-refractivity contribution in [3.63, 3.8) is 0 Å². The molecule has 1 atom stereocenters. The molecule has 0 aromatic carbocycles. The monoisotopic (exact) mass is 175 g/mol. The maximum absolute atomic E-state index is 8.30. The number of rotatable bonds is 2. The molecule has 1 saturated heterocycles. The van der Waals surface area contributed by atoms with E-state index in [9.17, 15) is 0 Å². The van der Waals surface area contributed by atoms with E-state index in [1.54, 1.807) is 0 Å². The number of nitrogens with one attached hydrogen (secondary N) is 1. The molecule has 4 nitrogen and oxygen atoms in total. The molecule has 11 heavy (non-hydrogen) atoms. The summed E-state index contributed by atoms with van der Waals surface area (Å²) in [5, 5.41) is 8.90. The second kappa shape index (κ2) is 4.46. The highest BCUT2D eigenvalue weighted by Gasteiger charge is 2.14. The zero-order valence-corrected chi connectivity index (χ0v) is 7.10. The van der Waals surface area contributed by atoms with Gasteiger partial charge in [0.05, 0.1) is 6.54 Å². The number of hydrogen-bond donors (Lipinski definition) is 3. The van der Waals surface area contributed by atoms with Crippen LogP contribution in [0.25, 0.3) is 0 Å². The van der Waals surface area contributed by atoms with Crippen LogP contribution in [0.3, 0.4) is 0 Å². The first kappa shape index (κ1) is 8.67. The number of guanidine groups is 1. The highest BCUT2D eigenvalue weighted by Crippen LogP contribution is 2.25. The smallest absolute Gasteiger partial charge is 0.212 e. The molecule has 1 aliphatic rings. The first-order valence-corrected chi connectivity index (χ1v) is 4.69. The van der Waals surface area contributed by atoms with Gasteiger partial charge in [0.2, 0.25) is 5.96 Å². The molecule has 0 aliphatic carbocycles. The molecule has 0 aromatic rings. The molecule has 64 valence electrons. The minimum Gasteiger partial charge on any atom is -0.368 e. The van der Waals surface area contributed by atoms with E-state index in [-0.39, 0.29) is 5.96 Å². The predicted octanol–water partition coefficient (Wildman–Crippen LogP) is 0.175. The van der Waals surface area contributed by atoms with Gasteiger partial charge in [-0.15, -0.1) is 0 Å². The van der Waals surface area contributed by atoms with Gasteiger partial charge in [0.25, 0.3) is 0 Å². The van der Waals surface area contributed by atoms with Gasteiger partial charge in [0.15, 0.2) is 0 Å². The van der Waals surface area contributed by atoms with Gasteiger partial charge in [-0.3, -0.25) is 10.2 Å². The Hall–Kier alpha value is -0.420. The van der Waals surface area contributed by atoms with Crippen LogP contribution in [0.4, 0.5) is 0 Å². The minimum atomic E-state index is 0.109. The highest BCUT2D eigenvalue weighted by atomic mass is 32.2. The third kappa shape index (κ3) is 2.98. The van der Waals surface area contributed by atoms with Crippen LogP contribution in [0, 0.1) is 0 Å². The van der Waals surface area contributed by atoms with E-state index >= 15 is 0 Å². The predicted molar refractivity (Wildman–Crippen MR) is 46.9 cm³/mol. The van der Waals surface area contributed by atoms with E-state index < -0.39 is 0 Å². The van der Waals surface area contributed by atoms with Crippen molar-refractivity contribution in [3.05, 3.63) is 0 Å².